The second-order valence-electron chi connectivity index (χ2n) is 9.01. The van der Waals surface area contributed by atoms with E-state index < -0.39 is 23.5 Å². The van der Waals surface area contributed by atoms with Gasteiger partial charge in [0, 0.05) is 37.1 Å². The van der Waals surface area contributed by atoms with E-state index in [0.717, 1.165) is 5.56 Å². The maximum atomic E-state index is 13.6. The summed E-state index contributed by atoms with van der Waals surface area (Å²) in [5.74, 6) is 0.206. The molecule has 1 saturated carbocycles. The summed E-state index contributed by atoms with van der Waals surface area (Å²) in [6, 6.07) is -0.537. The van der Waals surface area contributed by atoms with Crippen molar-refractivity contribution in [3.8, 4) is 22.6 Å². The standard InChI is InChI=1S/C23H22ClF3N10O2/c1-36-11-12(6-32-36)17-9-29-18(10-28-17)37(22(38)39)14-4-2-13(3-5-14)33-21-30-7-15(23(25,26)27)19(34-21)20-16(24)8-31-35-20/h6-11,13-14H,2-5H2,1H3,(H,31,35)(H,38,39)(H,30,33,34). The molecule has 5 rings (SSSR count). The first-order chi connectivity index (χ1) is 18.6. The highest BCUT2D eigenvalue weighted by Crippen LogP contribution is 2.38. The number of hydrogen-bond donors (Lipinski definition) is 3. The van der Waals surface area contributed by atoms with E-state index in [1.54, 1.807) is 24.1 Å². The Balaban J connectivity index is 1.28. The lowest BCUT2D eigenvalue weighted by Gasteiger charge is -2.34. The molecule has 3 N–H and O–H groups in total. The Kier molecular flexibility index (Phi) is 7.08. The fourth-order valence-corrected chi connectivity index (χ4v) is 4.72. The largest absolute Gasteiger partial charge is 0.465 e. The fourth-order valence-electron chi connectivity index (χ4n) is 4.54. The quantitative estimate of drug-likeness (QED) is 0.305. The molecular formula is C23H22ClF3N10O2. The topological polar surface area (TPSA) is 151 Å². The predicted octanol–water partition coefficient (Wildman–Crippen LogP) is 4.64. The van der Waals surface area contributed by atoms with Gasteiger partial charge in [-0.05, 0) is 25.7 Å². The van der Waals surface area contributed by atoms with Gasteiger partial charge >= 0.3 is 12.3 Å². The second kappa shape index (κ2) is 10.5. The maximum Gasteiger partial charge on any atom is 0.420 e. The summed E-state index contributed by atoms with van der Waals surface area (Å²) in [6.07, 6.45) is 4.40. The number of hydrogen-bond acceptors (Lipinski definition) is 8. The third-order valence-corrected chi connectivity index (χ3v) is 6.70. The smallest absolute Gasteiger partial charge is 0.420 e. The van der Waals surface area contributed by atoms with Crippen molar-refractivity contribution in [3.63, 3.8) is 0 Å². The number of aryl methyl sites for hydroxylation is 1. The lowest BCUT2D eigenvalue weighted by atomic mass is 9.90. The maximum absolute atomic E-state index is 13.6. The first kappa shape index (κ1) is 26.3. The van der Waals surface area contributed by atoms with Crippen LogP contribution >= 0.6 is 11.6 Å². The number of nitrogens with zero attached hydrogens (tertiary/aromatic N) is 8. The van der Waals surface area contributed by atoms with Crippen LogP contribution in [0, 0.1) is 0 Å². The Bertz CT molecular complexity index is 1470. The van der Waals surface area contributed by atoms with Crippen LogP contribution in [0.5, 0.6) is 0 Å². The Morgan fingerprint density at radius 3 is 2.46 bits per heavy atom. The van der Waals surface area contributed by atoms with E-state index >= 15 is 0 Å². The molecule has 16 heteroatoms. The first-order valence-corrected chi connectivity index (χ1v) is 12.2. The van der Waals surface area contributed by atoms with Crippen molar-refractivity contribution in [3.05, 3.63) is 47.8 Å². The SMILES string of the molecule is Cn1cc(-c2cnc(N(C(=O)O)C3CCC(Nc4ncc(C(F)(F)F)c(-c5[nH]ncc5Cl)n4)CC3)cn2)cn1. The van der Waals surface area contributed by atoms with Crippen LogP contribution in [0.4, 0.5) is 29.7 Å². The van der Waals surface area contributed by atoms with Crippen molar-refractivity contribution < 1.29 is 23.1 Å². The van der Waals surface area contributed by atoms with Crippen molar-refractivity contribution in [2.24, 2.45) is 7.05 Å². The number of anilines is 2. The molecule has 1 aliphatic carbocycles. The molecule has 4 aromatic heterocycles. The number of halogens is 4. The van der Waals surface area contributed by atoms with Crippen molar-refractivity contribution in [2.45, 2.75) is 43.9 Å². The van der Waals surface area contributed by atoms with Gasteiger partial charge in [-0.2, -0.15) is 23.4 Å². The fraction of sp³-hybridized carbons (Fsp3) is 0.348. The van der Waals surface area contributed by atoms with Gasteiger partial charge in [-0.15, -0.1) is 0 Å². The number of aromatic nitrogens is 8. The van der Waals surface area contributed by atoms with Gasteiger partial charge in [-0.3, -0.25) is 19.7 Å². The van der Waals surface area contributed by atoms with Crippen molar-refractivity contribution >= 4 is 29.5 Å². The van der Waals surface area contributed by atoms with E-state index in [4.69, 9.17) is 11.6 Å². The van der Waals surface area contributed by atoms with E-state index in [1.807, 2.05) is 0 Å². The minimum atomic E-state index is -4.69. The zero-order valence-electron chi connectivity index (χ0n) is 20.4. The molecule has 1 aliphatic rings. The summed E-state index contributed by atoms with van der Waals surface area (Å²) < 4.78 is 42.3. The molecule has 4 aromatic rings. The monoisotopic (exact) mass is 562 g/mol. The summed E-state index contributed by atoms with van der Waals surface area (Å²) in [7, 11) is 1.78. The molecular weight excluding hydrogens is 541 g/mol. The Hall–Kier alpha value is -4.27. The van der Waals surface area contributed by atoms with Crippen LogP contribution in [0.3, 0.4) is 0 Å². The van der Waals surface area contributed by atoms with Gasteiger partial charge in [0.15, 0.2) is 5.82 Å². The van der Waals surface area contributed by atoms with Crippen LogP contribution in [-0.2, 0) is 13.2 Å². The van der Waals surface area contributed by atoms with Gasteiger partial charge < -0.3 is 10.4 Å². The average Bonchev–Trinajstić information content (AvgIpc) is 3.53. The van der Waals surface area contributed by atoms with Gasteiger partial charge in [0.05, 0.1) is 35.5 Å². The van der Waals surface area contributed by atoms with Gasteiger partial charge in [-0.1, -0.05) is 11.6 Å². The molecule has 204 valence electrons. The highest BCUT2D eigenvalue weighted by Gasteiger charge is 2.37. The molecule has 1 amide bonds. The highest BCUT2D eigenvalue weighted by molar-refractivity contribution is 6.32. The number of amides is 1. The first-order valence-electron chi connectivity index (χ1n) is 11.8. The Morgan fingerprint density at radius 2 is 1.90 bits per heavy atom. The normalized spacial score (nSPS) is 17.7. The minimum absolute atomic E-state index is 0.000866. The number of carbonyl (C=O) groups is 1. The van der Waals surface area contributed by atoms with Crippen LogP contribution < -0.4 is 10.2 Å². The minimum Gasteiger partial charge on any atom is -0.465 e. The van der Waals surface area contributed by atoms with E-state index in [2.05, 4.69) is 40.5 Å². The molecule has 1 fully saturated rings. The molecule has 0 aliphatic heterocycles. The van der Waals surface area contributed by atoms with Crippen molar-refractivity contribution in [2.75, 3.05) is 10.2 Å². The van der Waals surface area contributed by atoms with Crippen LogP contribution in [0.2, 0.25) is 5.02 Å². The summed E-state index contributed by atoms with van der Waals surface area (Å²) in [5, 5.41) is 23.2. The third kappa shape index (κ3) is 5.62. The molecule has 0 atom stereocenters. The van der Waals surface area contributed by atoms with E-state index in [9.17, 15) is 23.1 Å². The molecule has 4 heterocycles. The Labute approximate surface area is 224 Å². The van der Waals surface area contributed by atoms with Crippen LogP contribution in [0.25, 0.3) is 22.6 Å². The summed E-state index contributed by atoms with van der Waals surface area (Å²) in [4.78, 5) is 29.9. The van der Waals surface area contributed by atoms with Crippen molar-refractivity contribution in [1.82, 2.24) is 39.9 Å². The molecule has 0 aromatic carbocycles. The van der Waals surface area contributed by atoms with Gasteiger partial charge in [0.1, 0.15) is 17.0 Å². The predicted molar refractivity (Wildman–Crippen MR) is 134 cm³/mol. The molecule has 12 nitrogen and oxygen atoms in total. The molecule has 0 unspecified atom stereocenters. The van der Waals surface area contributed by atoms with Gasteiger partial charge in [-0.25, -0.2) is 19.7 Å². The third-order valence-electron chi connectivity index (χ3n) is 6.41. The van der Waals surface area contributed by atoms with Gasteiger partial charge in [0.25, 0.3) is 0 Å². The molecule has 0 saturated heterocycles. The number of H-pyrrole nitrogens is 1. The molecule has 0 spiro atoms. The number of alkyl halides is 3. The second-order valence-corrected chi connectivity index (χ2v) is 9.42. The van der Waals surface area contributed by atoms with Crippen molar-refractivity contribution in [1.29, 1.82) is 0 Å². The van der Waals surface area contributed by atoms with Gasteiger partial charge in [0.2, 0.25) is 5.95 Å². The molecule has 0 bridgehead atoms. The molecule has 39 heavy (non-hydrogen) atoms. The average molecular weight is 563 g/mol. The zero-order chi connectivity index (χ0) is 27.7. The Morgan fingerprint density at radius 1 is 1.13 bits per heavy atom. The molecule has 0 radical (unpaired) electrons. The number of carboxylic acid groups (broad SMARTS) is 1. The number of nitrogens with one attached hydrogen (secondary N) is 2. The van der Waals surface area contributed by atoms with Crippen LogP contribution in [-0.4, -0.2) is 63.2 Å². The van der Waals surface area contributed by atoms with Crippen LogP contribution in [0.15, 0.2) is 37.2 Å². The lowest BCUT2D eigenvalue weighted by Crippen LogP contribution is -2.44. The van der Waals surface area contributed by atoms with E-state index in [1.165, 1.54) is 23.5 Å². The highest BCUT2D eigenvalue weighted by atomic mass is 35.5. The summed E-state index contributed by atoms with van der Waals surface area (Å²) >= 11 is 6.00. The zero-order valence-corrected chi connectivity index (χ0v) is 21.1. The number of rotatable bonds is 6. The lowest BCUT2D eigenvalue weighted by molar-refractivity contribution is -0.137. The number of aromatic amines is 1. The summed E-state index contributed by atoms with van der Waals surface area (Å²) in [6.45, 7) is 0. The van der Waals surface area contributed by atoms with E-state index in [-0.39, 0.29) is 34.6 Å². The van der Waals surface area contributed by atoms with E-state index in [0.29, 0.717) is 37.6 Å². The summed E-state index contributed by atoms with van der Waals surface area (Å²) in [5.41, 5.74) is -0.200. The van der Waals surface area contributed by atoms with Crippen LogP contribution in [0.1, 0.15) is 31.2 Å².